The Hall–Kier alpha value is -1.92. The van der Waals surface area contributed by atoms with Crippen LogP contribution in [0.25, 0.3) is 0 Å². The molecule has 5 heteroatoms. The predicted octanol–water partition coefficient (Wildman–Crippen LogP) is 0.894. The molecule has 4 nitrogen and oxygen atoms in total. The minimum Gasteiger partial charge on any atom is -0.384 e. The summed E-state index contributed by atoms with van der Waals surface area (Å²) in [5, 5.41) is 17.6. The second-order valence-electron chi connectivity index (χ2n) is 4.49. The summed E-state index contributed by atoms with van der Waals surface area (Å²) in [6.45, 7) is 2.08. The number of ether oxygens (including phenoxy) is 1. The summed E-state index contributed by atoms with van der Waals surface area (Å²) in [7, 11) is 0. The Morgan fingerprint density at radius 2 is 2.35 bits per heavy atom. The lowest BCUT2D eigenvalue weighted by molar-refractivity contribution is -0.00272. The number of morpholine rings is 1. The molecule has 0 spiro atoms. The lowest BCUT2D eigenvalue weighted by atomic mass is 10.1. The fourth-order valence-corrected chi connectivity index (χ4v) is 2.10. The highest BCUT2D eigenvalue weighted by Gasteiger charge is 2.20. The minimum atomic E-state index is -0.420. The molecule has 1 aliphatic heterocycles. The molecule has 0 amide bonds. The smallest absolute Gasteiger partial charge is 0.156 e. The van der Waals surface area contributed by atoms with E-state index in [2.05, 4.69) is 22.8 Å². The fourth-order valence-electron chi connectivity index (χ4n) is 2.10. The Morgan fingerprint density at radius 1 is 1.50 bits per heavy atom. The molecule has 2 rings (SSSR count). The molecule has 0 aliphatic carbocycles. The number of nitriles is 1. The van der Waals surface area contributed by atoms with Crippen LogP contribution in [0.5, 0.6) is 0 Å². The van der Waals surface area contributed by atoms with E-state index in [1.54, 1.807) is 6.07 Å². The third-order valence-electron chi connectivity index (χ3n) is 3.06. The van der Waals surface area contributed by atoms with Crippen molar-refractivity contribution in [2.75, 3.05) is 26.3 Å². The number of rotatable bonds is 2. The van der Waals surface area contributed by atoms with Crippen LogP contribution in [0.15, 0.2) is 18.2 Å². The van der Waals surface area contributed by atoms with Crippen LogP contribution >= 0.6 is 0 Å². The second-order valence-corrected chi connectivity index (χ2v) is 4.49. The van der Waals surface area contributed by atoms with Gasteiger partial charge < -0.3 is 9.84 Å². The molecule has 1 aromatic rings. The SMILES string of the molecule is N#CC1CN(Cc2ccc(F)cc2C#CCO)CCO1. The first-order valence-corrected chi connectivity index (χ1v) is 6.34. The number of aliphatic hydroxyl groups is 1. The molecule has 104 valence electrons. The lowest BCUT2D eigenvalue weighted by Crippen LogP contribution is -2.41. The molecule has 1 aromatic carbocycles. The molecule has 0 radical (unpaired) electrons. The molecule has 1 N–H and O–H groups in total. The van der Waals surface area contributed by atoms with Crippen LogP contribution in [-0.2, 0) is 11.3 Å². The summed E-state index contributed by atoms with van der Waals surface area (Å²) in [4.78, 5) is 2.08. The van der Waals surface area contributed by atoms with Gasteiger partial charge in [0.2, 0.25) is 0 Å². The first kappa shape index (κ1) is 14.5. The molecule has 1 unspecified atom stereocenters. The molecule has 0 saturated carbocycles. The molecular weight excluding hydrogens is 259 g/mol. The van der Waals surface area contributed by atoms with E-state index in [-0.39, 0.29) is 12.4 Å². The van der Waals surface area contributed by atoms with Crippen molar-refractivity contribution in [1.29, 1.82) is 5.26 Å². The van der Waals surface area contributed by atoms with Crippen molar-refractivity contribution in [3.63, 3.8) is 0 Å². The highest BCUT2D eigenvalue weighted by atomic mass is 19.1. The predicted molar refractivity (Wildman–Crippen MR) is 71.0 cm³/mol. The van der Waals surface area contributed by atoms with Gasteiger partial charge >= 0.3 is 0 Å². The van der Waals surface area contributed by atoms with Gasteiger partial charge in [-0.3, -0.25) is 4.90 Å². The minimum absolute atomic E-state index is 0.260. The van der Waals surface area contributed by atoms with E-state index in [9.17, 15) is 4.39 Å². The van der Waals surface area contributed by atoms with Crippen molar-refractivity contribution in [1.82, 2.24) is 4.90 Å². The van der Waals surface area contributed by atoms with Gasteiger partial charge in [-0.1, -0.05) is 17.9 Å². The summed E-state index contributed by atoms with van der Waals surface area (Å²) >= 11 is 0. The van der Waals surface area contributed by atoms with Gasteiger partial charge in [0, 0.05) is 25.2 Å². The number of halogens is 1. The van der Waals surface area contributed by atoms with Crippen LogP contribution in [0, 0.1) is 29.0 Å². The van der Waals surface area contributed by atoms with Crippen LogP contribution < -0.4 is 0 Å². The first-order valence-electron chi connectivity index (χ1n) is 6.34. The summed E-state index contributed by atoms with van der Waals surface area (Å²) in [6, 6.07) is 6.53. The molecule has 0 bridgehead atoms. The number of nitrogens with zero attached hydrogens (tertiary/aromatic N) is 2. The number of aliphatic hydroxyl groups excluding tert-OH is 1. The topological polar surface area (TPSA) is 56.5 Å². The van der Waals surface area contributed by atoms with Crippen LogP contribution in [0.4, 0.5) is 4.39 Å². The zero-order valence-electron chi connectivity index (χ0n) is 11.0. The Labute approximate surface area is 117 Å². The maximum atomic E-state index is 13.3. The van der Waals surface area contributed by atoms with Gasteiger partial charge in [0.25, 0.3) is 0 Å². The molecule has 20 heavy (non-hydrogen) atoms. The first-order chi connectivity index (χ1) is 9.72. The van der Waals surface area contributed by atoms with Crippen molar-refractivity contribution in [2.45, 2.75) is 12.6 Å². The van der Waals surface area contributed by atoms with Crippen molar-refractivity contribution in [3.8, 4) is 17.9 Å². The van der Waals surface area contributed by atoms with E-state index in [0.717, 1.165) is 12.1 Å². The summed E-state index contributed by atoms with van der Waals surface area (Å²) in [5.41, 5.74) is 1.45. The van der Waals surface area contributed by atoms with Gasteiger partial charge in [0.1, 0.15) is 12.4 Å². The Bertz CT molecular complexity index is 571. The van der Waals surface area contributed by atoms with E-state index in [0.29, 0.717) is 25.3 Å². The van der Waals surface area contributed by atoms with Crippen molar-refractivity contribution < 1.29 is 14.2 Å². The second kappa shape index (κ2) is 7.02. The van der Waals surface area contributed by atoms with E-state index < -0.39 is 6.10 Å². The number of benzene rings is 1. The maximum absolute atomic E-state index is 13.3. The monoisotopic (exact) mass is 274 g/mol. The molecule has 1 heterocycles. The summed E-state index contributed by atoms with van der Waals surface area (Å²) < 4.78 is 18.5. The average molecular weight is 274 g/mol. The van der Waals surface area contributed by atoms with Gasteiger partial charge in [-0.2, -0.15) is 5.26 Å². The third-order valence-corrected chi connectivity index (χ3v) is 3.06. The Balaban J connectivity index is 2.14. The number of hydrogen-bond donors (Lipinski definition) is 1. The van der Waals surface area contributed by atoms with Gasteiger partial charge in [-0.15, -0.1) is 0 Å². The van der Waals surface area contributed by atoms with Gasteiger partial charge in [0.05, 0.1) is 12.7 Å². The van der Waals surface area contributed by atoms with E-state index in [1.807, 2.05) is 0 Å². The molecule has 1 atom stereocenters. The molecule has 1 aliphatic rings. The summed E-state index contributed by atoms with van der Waals surface area (Å²) in [5.74, 6) is 4.93. The Kier molecular flexibility index (Phi) is 5.09. The van der Waals surface area contributed by atoms with Crippen LogP contribution in [0.1, 0.15) is 11.1 Å². The normalized spacial score (nSPS) is 18.9. The molecule has 0 aromatic heterocycles. The standard InChI is InChI=1S/C15H15FN2O2/c16-14-4-3-13(12(8-14)2-1-6-19)10-18-5-7-20-15(9-17)11-18/h3-4,8,15,19H,5-7,10-11H2. The zero-order valence-corrected chi connectivity index (χ0v) is 11.0. The van der Waals surface area contributed by atoms with Crippen molar-refractivity contribution in [2.24, 2.45) is 0 Å². The van der Waals surface area contributed by atoms with Gasteiger partial charge in [-0.25, -0.2) is 4.39 Å². The van der Waals surface area contributed by atoms with E-state index in [1.165, 1.54) is 12.1 Å². The highest BCUT2D eigenvalue weighted by molar-refractivity contribution is 5.41. The average Bonchev–Trinajstić information content (AvgIpc) is 2.47. The van der Waals surface area contributed by atoms with Crippen molar-refractivity contribution in [3.05, 3.63) is 35.1 Å². The fraction of sp³-hybridized carbons (Fsp3) is 0.400. The van der Waals surface area contributed by atoms with Crippen molar-refractivity contribution >= 4 is 0 Å². The quantitative estimate of drug-likeness (QED) is 0.814. The van der Waals surface area contributed by atoms with Crippen LogP contribution in [-0.4, -0.2) is 42.4 Å². The van der Waals surface area contributed by atoms with Gasteiger partial charge in [0.15, 0.2) is 6.10 Å². The van der Waals surface area contributed by atoms with E-state index in [4.69, 9.17) is 15.1 Å². The van der Waals surface area contributed by atoms with Gasteiger partial charge in [-0.05, 0) is 17.7 Å². The number of hydrogen-bond acceptors (Lipinski definition) is 4. The van der Waals surface area contributed by atoms with Crippen LogP contribution in [0.2, 0.25) is 0 Å². The molecule has 1 saturated heterocycles. The van der Waals surface area contributed by atoms with E-state index >= 15 is 0 Å². The maximum Gasteiger partial charge on any atom is 0.156 e. The third kappa shape index (κ3) is 3.79. The lowest BCUT2D eigenvalue weighted by Gasteiger charge is -2.29. The highest BCUT2D eigenvalue weighted by Crippen LogP contribution is 2.15. The Morgan fingerprint density at radius 3 is 3.10 bits per heavy atom. The molecular formula is C15H15FN2O2. The zero-order chi connectivity index (χ0) is 14.4. The summed E-state index contributed by atoms with van der Waals surface area (Å²) in [6.07, 6.45) is -0.420. The largest absolute Gasteiger partial charge is 0.384 e. The molecule has 1 fully saturated rings. The van der Waals surface area contributed by atoms with Crippen LogP contribution in [0.3, 0.4) is 0 Å².